The molecule has 2 amide bonds. The number of hydrogen-bond donors (Lipinski definition) is 1. The Bertz CT molecular complexity index is 943. The lowest BCUT2D eigenvalue weighted by Gasteiger charge is -2.30. The molecule has 0 unspecified atom stereocenters. The third-order valence-electron chi connectivity index (χ3n) is 6.00. The standard InChI is InChI=1S/C26H34N2O4/c1-5-19(3)27-26(30)20(4)28(17-22-9-7-6-8-18(22)2)25(29)13-11-21-10-12-23-24(16-21)32-15-14-31-23/h6-10,12,16,19-20H,5,11,13-15,17H2,1-4H3,(H,27,30)/t19-,20+/m1/s1. The van der Waals surface area contributed by atoms with Crippen molar-refractivity contribution in [3.8, 4) is 11.5 Å². The molecule has 6 nitrogen and oxygen atoms in total. The van der Waals surface area contributed by atoms with E-state index in [0.29, 0.717) is 32.6 Å². The Morgan fingerprint density at radius 3 is 2.50 bits per heavy atom. The molecule has 2 atom stereocenters. The molecule has 0 aliphatic carbocycles. The fourth-order valence-corrected chi connectivity index (χ4v) is 3.66. The largest absolute Gasteiger partial charge is 0.486 e. The molecule has 3 rings (SSSR count). The number of aryl methyl sites for hydroxylation is 2. The van der Waals surface area contributed by atoms with Crippen LogP contribution in [-0.2, 0) is 22.6 Å². The molecule has 32 heavy (non-hydrogen) atoms. The first-order chi connectivity index (χ1) is 15.4. The van der Waals surface area contributed by atoms with Crippen LogP contribution in [0.5, 0.6) is 11.5 Å². The summed E-state index contributed by atoms with van der Waals surface area (Å²) in [6.07, 6.45) is 1.72. The third-order valence-corrected chi connectivity index (χ3v) is 6.00. The van der Waals surface area contributed by atoms with Gasteiger partial charge in [-0.3, -0.25) is 9.59 Å². The Kier molecular flexibility index (Phi) is 8.14. The highest BCUT2D eigenvalue weighted by Crippen LogP contribution is 2.31. The molecular weight excluding hydrogens is 404 g/mol. The molecule has 6 heteroatoms. The van der Waals surface area contributed by atoms with Crippen molar-refractivity contribution in [2.24, 2.45) is 0 Å². The fraction of sp³-hybridized carbons (Fsp3) is 0.462. The van der Waals surface area contributed by atoms with Gasteiger partial charge < -0.3 is 19.7 Å². The first kappa shape index (κ1) is 23.6. The number of rotatable bonds is 9. The van der Waals surface area contributed by atoms with Crippen molar-refractivity contribution >= 4 is 11.8 Å². The molecule has 0 saturated carbocycles. The maximum atomic E-state index is 13.3. The van der Waals surface area contributed by atoms with E-state index in [4.69, 9.17) is 9.47 Å². The molecule has 1 aliphatic heterocycles. The van der Waals surface area contributed by atoms with E-state index >= 15 is 0 Å². The van der Waals surface area contributed by atoms with Crippen molar-refractivity contribution in [1.82, 2.24) is 10.2 Å². The number of fused-ring (bicyclic) bond motifs is 1. The molecule has 1 aliphatic rings. The molecule has 0 bridgehead atoms. The number of nitrogens with one attached hydrogen (secondary N) is 1. The van der Waals surface area contributed by atoms with Crippen LogP contribution in [0, 0.1) is 6.92 Å². The van der Waals surface area contributed by atoms with Gasteiger partial charge in [-0.25, -0.2) is 0 Å². The second-order valence-electron chi connectivity index (χ2n) is 8.42. The zero-order valence-electron chi connectivity index (χ0n) is 19.5. The topological polar surface area (TPSA) is 67.9 Å². The van der Waals surface area contributed by atoms with Crippen LogP contribution >= 0.6 is 0 Å². The SMILES string of the molecule is CC[C@@H](C)NC(=O)[C@H](C)N(Cc1ccccc1C)C(=O)CCc1ccc2c(c1)OCCO2. The predicted octanol–water partition coefficient (Wildman–Crippen LogP) is 4.03. The minimum Gasteiger partial charge on any atom is -0.486 e. The van der Waals surface area contributed by atoms with Gasteiger partial charge >= 0.3 is 0 Å². The normalized spacial score (nSPS) is 14.4. The molecule has 0 radical (unpaired) electrons. The molecule has 172 valence electrons. The smallest absolute Gasteiger partial charge is 0.242 e. The summed E-state index contributed by atoms with van der Waals surface area (Å²) in [7, 11) is 0. The highest BCUT2D eigenvalue weighted by atomic mass is 16.6. The number of carbonyl (C=O) groups is 2. The van der Waals surface area contributed by atoms with E-state index in [2.05, 4.69) is 5.32 Å². The zero-order chi connectivity index (χ0) is 23.1. The molecule has 2 aromatic rings. The van der Waals surface area contributed by atoms with Crippen LogP contribution in [0.3, 0.4) is 0 Å². The predicted molar refractivity (Wildman–Crippen MR) is 125 cm³/mol. The van der Waals surface area contributed by atoms with Gasteiger partial charge in [-0.05, 0) is 62.4 Å². The summed E-state index contributed by atoms with van der Waals surface area (Å²) < 4.78 is 11.2. The van der Waals surface area contributed by atoms with E-state index in [1.165, 1.54) is 0 Å². The van der Waals surface area contributed by atoms with E-state index in [1.807, 2.05) is 63.2 Å². The Balaban J connectivity index is 1.73. The van der Waals surface area contributed by atoms with E-state index in [9.17, 15) is 9.59 Å². The van der Waals surface area contributed by atoms with E-state index in [0.717, 1.165) is 34.6 Å². The first-order valence-corrected chi connectivity index (χ1v) is 11.4. The third kappa shape index (κ3) is 6.02. The maximum Gasteiger partial charge on any atom is 0.242 e. The van der Waals surface area contributed by atoms with Crippen molar-refractivity contribution in [2.45, 2.75) is 65.6 Å². The van der Waals surface area contributed by atoms with Crippen LogP contribution in [0.25, 0.3) is 0 Å². The van der Waals surface area contributed by atoms with E-state index < -0.39 is 6.04 Å². The van der Waals surface area contributed by atoms with Gasteiger partial charge in [0.2, 0.25) is 11.8 Å². The lowest BCUT2D eigenvalue weighted by molar-refractivity contribution is -0.140. The van der Waals surface area contributed by atoms with Crippen LogP contribution in [0.2, 0.25) is 0 Å². The minimum atomic E-state index is -0.559. The summed E-state index contributed by atoms with van der Waals surface area (Å²) in [6, 6.07) is 13.3. The van der Waals surface area contributed by atoms with Gasteiger partial charge in [0, 0.05) is 19.0 Å². The van der Waals surface area contributed by atoms with E-state index in [1.54, 1.807) is 11.8 Å². The summed E-state index contributed by atoms with van der Waals surface area (Å²) in [5.41, 5.74) is 3.16. The summed E-state index contributed by atoms with van der Waals surface area (Å²) in [6.45, 7) is 9.31. The first-order valence-electron chi connectivity index (χ1n) is 11.4. The molecule has 0 aromatic heterocycles. The van der Waals surface area contributed by atoms with Gasteiger partial charge in [0.15, 0.2) is 11.5 Å². The van der Waals surface area contributed by atoms with Gasteiger partial charge in [0.05, 0.1) is 0 Å². The fourth-order valence-electron chi connectivity index (χ4n) is 3.66. The molecule has 0 saturated heterocycles. The van der Waals surface area contributed by atoms with Gasteiger partial charge in [0.25, 0.3) is 0 Å². The van der Waals surface area contributed by atoms with Crippen LogP contribution < -0.4 is 14.8 Å². The van der Waals surface area contributed by atoms with Crippen LogP contribution in [0.15, 0.2) is 42.5 Å². The number of amides is 2. The highest BCUT2D eigenvalue weighted by molar-refractivity contribution is 5.87. The molecular formula is C26H34N2O4. The number of carbonyl (C=O) groups excluding carboxylic acids is 2. The number of hydrogen-bond acceptors (Lipinski definition) is 4. The maximum absolute atomic E-state index is 13.3. The van der Waals surface area contributed by atoms with Crippen molar-refractivity contribution < 1.29 is 19.1 Å². The lowest BCUT2D eigenvalue weighted by Crippen LogP contribution is -2.49. The lowest BCUT2D eigenvalue weighted by atomic mass is 10.0. The number of ether oxygens (including phenoxy) is 2. The molecule has 1 N–H and O–H groups in total. The molecule has 0 spiro atoms. The van der Waals surface area contributed by atoms with Gasteiger partial charge in [-0.1, -0.05) is 37.3 Å². The van der Waals surface area contributed by atoms with Gasteiger partial charge in [-0.2, -0.15) is 0 Å². The number of nitrogens with zero attached hydrogens (tertiary/aromatic N) is 1. The quantitative estimate of drug-likeness (QED) is 0.642. The summed E-state index contributed by atoms with van der Waals surface area (Å²) in [5, 5.41) is 3.01. The second-order valence-corrected chi connectivity index (χ2v) is 8.42. The molecule has 1 heterocycles. The Hall–Kier alpha value is -3.02. The van der Waals surface area contributed by atoms with Crippen molar-refractivity contribution in [3.63, 3.8) is 0 Å². The Labute approximate surface area is 190 Å². The van der Waals surface area contributed by atoms with Gasteiger partial charge in [-0.15, -0.1) is 0 Å². The summed E-state index contributed by atoms with van der Waals surface area (Å²) >= 11 is 0. The van der Waals surface area contributed by atoms with Gasteiger partial charge in [0.1, 0.15) is 19.3 Å². The zero-order valence-corrected chi connectivity index (χ0v) is 19.5. The Morgan fingerprint density at radius 2 is 1.78 bits per heavy atom. The van der Waals surface area contributed by atoms with Crippen molar-refractivity contribution in [1.29, 1.82) is 0 Å². The average Bonchev–Trinajstić information content (AvgIpc) is 2.81. The number of benzene rings is 2. The summed E-state index contributed by atoms with van der Waals surface area (Å²) in [5.74, 6) is 1.29. The highest BCUT2D eigenvalue weighted by Gasteiger charge is 2.27. The minimum absolute atomic E-state index is 0.0463. The van der Waals surface area contributed by atoms with Crippen LogP contribution in [-0.4, -0.2) is 42.0 Å². The molecule has 0 fully saturated rings. The average molecular weight is 439 g/mol. The monoisotopic (exact) mass is 438 g/mol. The second kappa shape index (κ2) is 11.0. The van der Waals surface area contributed by atoms with E-state index in [-0.39, 0.29) is 17.9 Å². The molecule has 2 aromatic carbocycles. The van der Waals surface area contributed by atoms with Crippen LogP contribution in [0.4, 0.5) is 0 Å². The van der Waals surface area contributed by atoms with Crippen LogP contribution in [0.1, 0.15) is 50.3 Å². The summed E-state index contributed by atoms with van der Waals surface area (Å²) in [4.78, 5) is 27.8. The Morgan fingerprint density at radius 1 is 1.06 bits per heavy atom. The van der Waals surface area contributed by atoms with Crippen molar-refractivity contribution in [2.75, 3.05) is 13.2 Å². The van der Waals surface area contributed by atoms with Crippen molar-refractivity contribution in [3.05, 3.63) is 59.2 Å².